The molecule has 0 saturated heterocycles. The van der Waals surface area contributed by atoms with Crippen LogP contribution in [-0.4, -0.2) is 13.2 Å². The molecule has 3 N–H and O–H groups in total. The molecule has 0 aliphatic heterocycles. The van der Waals surface area contributed by atoms with Gasteiger partial charge in [0.1, 0.15) is 17.4 Å². The number of para-hydroxylation sites is 1. The quantitative estimate of drug-likeness (QED) is 0.620. The summed E-state index contributed by atoms with van der Waals surface area (Å²) in [6, 6.07) is 8.03. The van der Waals surface area contributed by atoms with Crippen molar-refractivity contribution in [3.8, 4) is 0 Å². The summed E-state index contributed by atoms with van der Waals surface area (Å²) in [5, 5.41) is 1.10. The Morgan fingerprint density at radius 1 is 1.42 bits per heavy atom. The molecular formula is C15H22N2O2. The number of aryl methyl sites for hydroxylation is 1. The number of ether oxygens (including phenoxy) is 1. The predicted molar refractivity (Wildman–Crippen MR) is 76.7 cm³/mol. The van der Waals surface area contributed by atoms with Crippen LogP contribution in [0.15, 0.2) is 28.7 Å². The number of furan rings is 1. The molecule has 1 aromatic carbocycles. The lowest BCUT2D eigenvalue weighted by Crippen LogP contribution is -2.37. The fourth-order valence-corrected chi connectivity index (χ4v) is 2.46. The molecule has 2 unspecified atom stereocenters. The first kappa shape index (κ1) is 14.1. The number of nitrogens with two attached hydrogens (primary N) is 1. The van der Waals surface area contributed by atoms with Crippen molar-refractivity contribution in [2.45, 2.75) is 38.8 Å². The van der Waals surface area contributed by atoms with Gasteiger partial charge in [0.25, 0.3) is 0 Å². The van der Waals surface area contributed by atoms with E-state index >= 15 is 0 Å². The van der Waals surface area contributed by atoms with E-state index in [0.29, 0.717) is 0 Å². The summed E-state index contributed by atoms with van der Waals surface area (Å²) in [6.07, 6.45) is 1.98. The highest BCUT2D eigenvalue weighted by Crippen LogP contribution is 2.29. The van der Waals surface area contributed by atoms with Crippen molar-refractivity contribution in [2.24, 2.45) is 5.84 Å². The van der Waals surface area contributed by atoms with Crippen LogP contribution in [0.5, 0.6) is 0 Å². The van der Waals surface area contributed by atoms with Gasteiger partial charge in [-0.3, -0.25) is 5.84 Å². The highest BCUT2D eigenvalue weighted by atomic mass is 16.5. The van der Waals surface area contributed by atoms with Crippen molar-refractivity contribution in [2.75, 3.05) is 7.11 Å². The molecule has 2 rings (SSSR count). The van der Waals surface area contributed by atoms with Crippen LogP contribution in [0.1, 0.15) is 37.1 Å². The Bertz CT molecular complexity index is 536. The van der Waals surface area contributed by atoms with Gasteiger partial charge in [0.2, 0.25) is 0 Å². The van der Waals surface area contributed by atoms with Gasteiger partial charge in [0.05, 0.1) is 6.10 Å². The number of hydrogen-bond donors (Lipinski definition) is 2. The van der Waals surface area contributed by atoms with Gasteiger partial charge in [-0.05, 0) is 25.0 Å². The molecule has 0 bridgehead atoms. The van der Waals surface area contributed by atoms with Crippen LogP contribution in [0.3, 0.4) is 0 Å². The third-order valence-corrected chi connectivity index (χ3v) is 3.49. The molecule has 0 saturated carbocycles. The molecule has 1 aromatic heterocycles. The summed E-state index contributed by atoms with van der Waals surface area (Å²) in [5.41, 5.74) is 4.86. The minimum atomic E-state index is -0.128. The fourth-order valence-electron chi connectivity index (χ4n) is 2.46. The highest BCUT2D eigenvalue weighted by Gasteiger charge is 2.24. The Balaban J connectivity index is 2.37. The molecule has 0 fully saturated rings. The largest absolute Gasteiger partial charge is 0.459 e. The van der Waals surface area contributed by atoms with Gasteiger partial charge in [-0.1, -0.05) is 31.5 Å². The van der Waals surface area contributed by atoms with E-state index in [2.05, 4.69) is 12.3 Å². The predicted octanol–water partition coefficient (Wildman–Crippen LogP) is 3.06. The zero-order valence-corrected chi connectivity index (χ0v) is 11.8. The van der Waals surface area contributed by atoms with Crippen molar-refractivity contribution in [1.29, 1.82) is 0 Å². The van der Waals surface area contributed by atoms with Crippen LogP contribution in [0, 0.1) is 6.92 Å². The summed E-state index contributed by atoms with van der Waals surface area (Å²) in [6.45, 7) is 4.17. The first-order valence-electron chi connectivity index (χ1n) is 6.69. The van der Waals surface area contributed by atoms with Crippen molar-refractivity contribution >= 4 is 11.0 Å². The Morgan fingerprint density at radius 3 is 2.79 bits per heavy atom. The minimum Gasteiger partial charge on any atom is -0.459 e. The van der Waals surface area contributed by atoms with Crippen LogP contribution in [-0.2, 0) is 4.74 Å². The topological polar surface area (TPSA) is 60.4 Å². The van der Waals surface area contributed by atoms with Gasteiger partial charge < -0.3 is 9.15 Å². The van der Waals surface area contributed by atoms with Crippen LogP contribution in [0.2, 0.25) is 0 Å². The average molecular weight is 262 g/mol. The molecule has 2 atom stereocenters. The fraction of sp³-hybridized carbons (Fsp3) is 0.467. The van der Waals surface area contributed by atoms with Crippen molar-refractivity contribution in [3.63, 3.8) is 0 Å². The number of hydrogen-bond acceptors (Lipinski definition) is 4. The Morgan fingerprint density at radius 2 is 2.21 bits per heavy atom. The molecule has 2 aromatic rings. The Kier molecular flexibility index (Phi) is 4.58. The molecule has 4 nitrogen and oxygen atoms in total. The van der Waals surface area contributed by atoms with Gasteiger partial charge in [-0.25, -0.2) is 5.43 Å². The second kappa shape index (κ2) is 6.19. The van der Waals surface area contributed by atoms with Gasteiger partial charge in [-0.2, -0.15) is 0 Å². The van der Waals surface area contributed by atoms with Crippen molar-refractivity contribution < 1.29 is 9.15 Å². The number of rotatable bonds is 6. The van der Waals surface area contributed by atoms with E-state index < -0.39 is 0 Å². The molecule has 104 valence electrons. The first-order valence-corrected chi connectivity index (χ1v) is 6.69. The lowest BCUT2D eigenvalue weighted by atomic mass is 10.0. The molecule has 4 heteroatoms. The maximum atomic E-state index is 5.96. The molecule has 0 spiro atoms. The molecule has 1 heterocycles. The van der Waals surface area contributed by atoms with Crippen LogP contribution in [0.4, 0.5) is 0 Å². The molecule has 0 aliphatic carbocycles. The number of fused-ring (bicyclic) bond motifs is 1. The van der Waals surface area contributed by atoms with E-state index in [1.807, 2.05) is 31.2 Å². The van der Waals surface area contributed by atoms with Crippen LogP contribution < -0.4 is 11.3 Å². The maximum Gasteiger partial charge on any atom is 0.137 e. The third kappa shape index (κ3) is 2.81. The summed E-state index contributed by atoms with van der Waals surface area (Å²) in [4.78, 5) is 0. The van der Waals surface area contributed by atoms with Gasteiger partial charge in [0, 0.05) is 12.5 Å². The summed E-state index contributed by atoms with van der Waals surface area (Å²) >= 11 is 0. The van der Waals surface area contributed by atoms with Gasteiger partial charge in [0.15, 0.2) is 0 Å². The number of nitrogens with one attached hydrogen (secondary N) is 1. The average Bonchev–Trinajstić information content (AvgIpc) is 2.84. The molecule has 0 aliphatic rings. The van der Waals surface area contributed by atoms with E-state index in [0.717, 1.165) is 35.1 Å². The third-order valence-electron chi connectivity index (χ3n) is 3.49. The Hall–Kier alpha value is -1.36. The monoisotopic (exact) mass is 262 g/mol. The Labute approximate surface area is 113 Å². The summed E-state index contributed by atoms with van der Waals surface area (Å²) < 4.78 is 11.5. The minimum absolute atomic E-state index is 0.0101. The standard InChI is InChI=1S/C15H22N2O2/c1-4-6-12(18-3)14(17-16)13-9-11-8-5-7-10(2)15(11)19-13/h5,7-9,12,14,17H,4,6,16H2,1-3H3. The van der Waals surface area contributed by atoms with E-state index in [1.54, 1.807) is 7.11 Å². The number of methoxy groups -OCH3 is 1. The lowest BCUT2D eigenvalue weighted by Gasteiger charge is -2.23. The second-order valence-corrected chi connectivity index (χ2v) is 4.85. The molecule has 0 amide bonds. The van der Waals surface area contributed by atoms with E-state index in [-0.39, 0.29) is 12.1 Å². The van der Waals surface area contributed by atoms with E-state index in [9.17, 15) is 0 Å². The van der Waals surface area contributed by atoms with Crippen LogP contribution >= 0.6 is 0 Å². The molecule has 0 radical (unpaired) electrons. The molecular weight excluding hydrogens is 240 g/mol. The normalized spacial score (nSPS) is 14.7. The highest BCUT2D eigenvalue weighted by molar-refractivity contribution is 5.81. The van der Waals surface area contributed by atoms with Crippen LogP contribution in [0.25, 0.3) is 11.0 Å². The molecule has 19 heavy (non-hydrogen) atoms. The van der Waals surface area contributed by atoms with Gasteiger partial charge >= 0.3 is 0 Å². The first-order chi connectivity index (χ1) is 9.21. The second-order valence-electron chi connectivity index (χ2n) is 4.85. The van der Waals surface area contributed by atoms with Crippen molar-refractivity contribution in [1.82, 2.24) is 5.43 Å². The van der Waals surface area contributed by atoms with Gasteiger partial charge in [-0.15, -0.1) is 0 Å². The van der Waals surface area contributed by atoms with E-state index in [1.165, 1.54) is 0 Å². The number of benzene rings is 1. The zero-order valence-electron chi connectivity index (χ0n) is 11.8. The zero-order chi connectivity index (χ0) is 13.8. The van der Waals surface area contributed by atoms with E-state index in [4.69, 9.17) is 15.0 Å². The summed E-state index contributed by atoms with van der Waals surface area (Å²) in [5.74, 6) is 6.51. The summed E-state index contributed by atoms with van der Waals surface area (Å²) in [7, 11) is 1.71. The number of hydrazine groups is 1. The van der Waals surface area contributed by atoms with Crippen molar-refractivity contribution in [3.05, 3.63) is 35.6 Å². The smallest absolute Gasteiger partial charge is 0.137 e. The SMILES string of the molecule is CCCC(OC)C(NN)c1cc2cccc(C)c2o1. The maximum absolute atomic E-state index is 5.96. The lowest BCUT2D eigenvalue weighted by molar-refractivity contribution is 0.0542.